The highest BCUT2D eigenvalue weighted by atomic mass is 16.3. The van der Waals surface area contributed by atoms with Crippen molar-refractivity contribution in [3.63, 3.8) is 0 Å². The average molecular weight is 475 g/mol. The molecule has 3 aliphatic rings. The molecule has 0 spiro atoms. The molecule has 3 aromatic heterocycles. The summed E-state index contributed by atoms with van der Waals surface area (Å²) in [6.45, 7) is 9.10. The number of hydrogen-bond acceptors (Lipinski definition) is 6. The van der Waals surface area contributed by atoms with E-state index in [-0.39, 0.29) is 5.92 Å². The van der Waals surface area contributed by atoms with Gasteiger partial charge in [0.2, 0.25) is 5.91 Å². The fourth-order valence-electron chi connectivity index (χ4n) is 5.50. The second-order valence-electron chi connectivity index (χ2n) is 10.6. The Morgan fingerprint density at radius 3 is 2.57 bits per heavy atom. The molecule has 35 heavy (non-hydrogen) atoms. The Labute approximate surface area is 206 Å². The summed E-state index contributed by atoms with van der Waals surface area (Å²) in [6.07, 6.45) is 8.52. The highest BCUT2D eigenvalue weighted by molar-refractivity contribution is 5.82. The first-order chi connectivity index (χ1) is 16.9. The molecule has 1 saturated carbocycles. The molecule has 5 heterocycles. The van der Waals surface area contributed by atoms with Crippen LogP contribution in [0.25, 0.3) is 16.8 Å². The van der Waals surface area contributed by atoms with Crippen LogP contribution >= 0.6 is 0 Å². The first kappa shape index (κ1) is 22.5. The van der Waals surface area contributed by atoms with Gasteiger partial charge >= 0.3 is 0 Å². The highest BCUT2D eigenvalue weighted by Crippen LogP contribution is 2.35. The van der Waals surface area contributed by atoms with Crippen molar-refractivity contribution in [1.82, 2.24) is 24.4 Å². The van der Waals surface area contributed by atoms with Gasteiger partial charge in [0.05, 0.1) is 16.9 Å². The average Bonchev–Trinajstić information content (AvgIpc) is 3.50. The van der Waals surface area contributed by atoms with Gasteiger partial charge in [-0.3, -0.25) is 14.7 Å². The van der Waals surface area contributed by atoms with Crippen LogP contribution in [0, 0.1) is 5.92 Å². The molecule has 2 aliphatic heterocycles. The number of nitrogens with zero attached hydrogens (tertiary/aromatic N) is 6. The number of carbonyl (C=O) groups is 1. The zero-order valence-corrected chi connectivity index (χ0v) is 20.6. The van der Waals surface area contributed by atoms with Crippen molar-refractivity contribution < 1.29 is 9.90 Å². The SMILES string of the molecule is CC(C)N1CC[C@@](O)(c2ccc(-c3cc4c(N5CCN(C(=O)C6CC6)CC5)ccnn4c3)nc2)C1. The number of rotatable bonds is 5. The molecule has 3 aromatic rings. The number of anilines is 1. The molecular weight excluding hydrogens is 440 g/mol. The first-order valence-electron chi connectivity index (χ1n) is 12.9. The van der Waals surface area contributed by atoms with Gasteiger partial charge in [-0.25, -0.2) is 4.52 Å². The molecule has 3 fully saturated rings. The van der Waals surface area contributed by atoms with E-state index in [1.807, 2.05) is 40.1 Å². The molecule has 1 N–H and O–H groups in total. The Morgan fingerprint density at radius 2 is 1.91 bits per heavy atom. The lowest BCUT2D eigenvalue weighted by atomic mass is 9.94. The van der Waals surface area contributed by atoms with Crippen molar-refractivity contribution in [2.75, 3.05) is 44.2 Å². The third kappa shape index (κ3) is 4.19. The summed E-state index contributed by atoms with van der Waals surface area (Å²) in [5.74, 6) is 0.618. The monoisotopic (exact) mass is 474 g/mol. The zero-order valence-electron chi connectivity index (χ0n) is 20.6. The summed E-state index contributed by atoms with van der Waals surface area (Å²) in [7, 11) is 0. The standard InChI is InChI=1S/C27H34N6O2/c1-19(2)32-10-8-27(35,18-32)22-5-6-23(28-16-22)21-15-25-24(7-9-29-33(25)17-21)30-11-13-31(14-12-30)26(34)20-3-4-20/h5-7,9,15-17,19-20,35H,3-4,8,10-14,18H2,1-2H3/t27-/m0/s1. The number of β-amino-alcohol motifs (C(OH)–C–C–N with tert-alkyl or cyclic N) is 1. The number of pyridine rings is 1. The quantitative estimate of drug-likeness (QED) is 0.613. The zero-order chi connectivity index (χ0) is 24.2. The van der Waals surface area contributed by atoms with E-state index in [1.54, 1.807) is 0 Å². The van der Waals surface area contributed by atoms with E-state index in [0.717, 1.165) is 80.0 Å². The summed E-state index contributed by atoms with van der Waals surface area (Å²) in [4.78, 5) is 23.8. The lowest BCUT2D eigenvalue weighted by Gasteiger charge is -2.36. The smallest absolute Gasteiger partial charge is 0.225 e. The molecule has 1 amide bonds. The van der Waals surface area contributed by atoms with E-state index in [9.17, 15) is 9.90 Å². The predicted molar refractivity (Wildman–Crippen MR) is 135 cm³/mol. The molecule has 0 bridgehead atoms. The maximum absolute atomic E-state index is 12.4. The third-order valence-electron chi connectivity index (χ3n) is 7.95. The number of amides is 1. The van der Waals surface area contributed by atoms with Crippen LogP contribution in [0.2, 0.25) is 0 Å². The van der Waals surface area contributed by atoms with E-state index in [1.165, 1.54) is 0 Å². The number of hydrogen-bond donors (Lipinski definition) is 1. The Morgan fingerprint density at radius 1 is 1.11 bits per heavy atom. The lowest BCUT2D eigenvalue weighted by Crippen LogP contribution is -2.49. The van der Waals surface area contributed by atoms with E-state index in [2.05, 4.69) is 40.9 Å². The Hall–Kier alpha value is -2.97. The van der Waals surface area contributed by atoms with Crippen molar-refractivity contribution >= 4 is 17.1 Å². The molecule has 1 aliphatic carbocycles. The minimum Gasteiger partial charge on any atom is -0.384 e. The molecule has 8 heteroatoms. The van der Waals surface area contributed by atoms with Gasteiger partial charge in [-0.05, 0) is 51.3 Å². The van der Waals surface area contributed by atoms with Crippen molar-refractivity contribution in [1.29, 1.82) is 0 Å². The van der Waals surface area contributed by atoms with Crippen LogP contribution in [-0.2, 0) is 10.4 Å². The lowest BCUT2D eigenvalue weighted by molar-refractivity contribution is -0.132. The van der Waals surface area contributed by atoms with Crippen LogP contribution in [0.4, 0.5) is 5.69 Å². The van der Waals surface area contributed by atoms with Crippen molar-refractivity contribution in [3.8, 4) is 11.3 Å². The normalized spacial score (nSPS) is 23.5. The van der Waals surface area contributed by atoms with Gasteiger partial charge in [-0.15, -0.1) is 0 Å². The maximum Gasteiger partial charge on any atom is 0.225 e. The number of fused-ring (bicyclic) bond motifs is 1. The van der Waals surface area contributed by atoms with Gasteiger partial charge in [0.25, 0.3) is 0 Å². The topological polar surface area (TPSA) is 77.2 Å². The molecular formula is C27H34N6O2. The highest BCUT2D eigenvalue weighted by Gasteiger charge is 2.39. The largest absolute Gasteiger partial charge is 0.384 e. The van der Waals surface area contributed by atoms with Crippen LogP contribution in [0.5, 0.6) is 0 Å². The second-order valence-corrected chi connectivity index (χ2v) is 10.6. The Bertz CT molecular complexity index is 1230. The summed E-state index contributed by atoms with van der Waals surface area (Å²) >= 11 is 0. The first-order valence-corrected chi connectivity index (χ1v) is 12.9. The predicted octanol–water partition coefficient (Wildman–Crippen LogP) is 2.76. The van der Waals surface area contributed by atoms with Crippen LogP contribution in [-0.4, -0.2) is 80.7 Å². The van der Waals surface area contributed by atoms with E-state index >= 15 is 0 Å². The Kier molecular flexibility index (Phi) is 5.53. The minimum absolute atomic E-state index is 0.282. The minimum atomic E-state index is -0.834. The number of likely N-dealkylation sites (tertiary alicyclic amines) is 1. The van der Waals surface area contributed by atoms with Crippen molar-refractivity contribution in [2.24, 2.45) is 5.92 Å². The van der Waals surface area contributed by atoms with Gasteiger partial charge in [0.15, 0.2) is 0 Å². The molecule has 1 atom stereocenters. The van der Waals surface area contributed by atoms with E-state index < -0.39 is 5.60 Å². The summed E-state index contributed by atoms with van der Waals surface area (Å²) in [5, 5.41) is 15.7. The van der Waals surface area contributed by atoms with Crippen LogP contribution < -0.4 is 4.90 Å². The molecule has 0 radical (unpaired) electrons. The third-order valence-corrected chi connectivity index (χ3v) is 7.95. The summed E-state index contributed by atoms with van der Waals surface area (Å²) < 4.78 is 1.91. The summed E-state index contributed by atoms with van der Waals surface area (Å²) in [5.41, 5.74) is 4.09. The molecule has 0 unspecified atom stereocenters. The second kappa shape index (κ2) is 8.60. The van der Waals surface area contributed by atoms with Gasteiger partial charge in [0, 0.05) is 80.9 Å². The van der Waals surface area contributed by atoms with Gasteiger partial charge in [0.1, 0.15) is 5.60 Å². The van der Waals surface area contributed by atoms with Crippen LogP contribution in [0.1, 0.15) is 38.7 Å². The van der Waals surface area contributed by atoms with Gasteiger partial charge < -0.3 is 14.9 Å². The molecule has 8 nitrogen and oxygen atoms in total. The fourth-order valence-corrected chi connectivity index (χ4v) is 5.50. The molecule has 0 aromatic carbocycles. The number of piperazine rings is 1. The fraction of sp³-hybridized carbons (Fsp3) is 0.519. The van der Waals surface area contributed by atoms with E-state index in [4.69, 9.17) is 4.98 Å². The number of aromatic nitrogens is 3. The van der Waals surface area contributed by atoms with Gasteiger partial charge in [-0.2, -0.15) is 5.10 Å². The number of aliphatic hydroxyl groups is 1. The van der Waals surface area contributed by atoms with Crippen LogP contribution in [0.15, 0.2) is 42.9 Å². The number of carbonyl (C=O) groups excluding carboxylic acids is 1. The van der Waals surface area contributed by atoms with Gasteiger partial charge in [-0.1, -0.05) is 6.07 Å². The van der Waals surface area contributed by atoms with Crippen LogP contribution in [0.3, 0.4) is 0 Å². The molecule has 2 saturated heterocycles. The summed E-state index contributed by atoms with van der Waals surface area (Å²) in [6, 6.07) is 8.63. The van der Waals surface area contributed by atoms with Crippen molar-refractivity contribution in [2.45, 2.75) is 44.8 Å². The van der Waals surface area contributed by atoms with Crippen molar-refractivity contribution in [3.05, 3.63) is 48.4 Å². The maximum atomic E-state index is 12.4. The van der Waals surface area contributed by atoms with E-state index in [0.29, 0.717) is 18.5 Å². The Balaban J connectivity index is 1.20. The molecule has 184 valence electrons. The molecule has 6 rings (SSSR count).